The minimum atomic E-state index is -0.422. The molecule has 2 fully saturated rings. The molecule has 0 saturated carbocycles. The van der Waals surface area contributed by atoms with E-state index in [1.165, 1.54) is 6.40 Å². The van der Waals surface area contributed by atoms with E-state index >= 15 is 0 Å². The third-order valence-corrected chi connectivity index (χ3v) is 5.23. The van der Waals surface area contributed by atoms with Crippen LogP contribution in [-0.4, -0.2) is 67.1 Å². The minimum Gasteiger partial charge on any atom is -0.486 e. The summed E-state index contributed by atoms with van der Waals surface area (Å²) in [5, 5.41) is 0. The fourth-order valence-corrected chi connectivity index (χ4v) is 3.69. The second-order valence-electron chi connectivity index (χ2n) is 7.33. The number of likely N-dealkylation sites (tertiary alicyclic amines) is 1. The summed E-state index contributed by atoms with van der Waals surface area (Å²) in [5.74, 6) is 0.0107. The Hall–Kier alpha value is -2.15. The third kappa shape index (κ3) is 7.59. The van der Waals surface area contributed by atoms with E-state index in [2.05, 4.69) is 23.1 Å². The van der Waals surface area contributed by atoms with Gasteiger partial charge < -0.3 is 19.3 Å². The average Bonchev–Trinajstić information content (AvgIpc) is 2.72. The number of carbonyl (C=O) groups excluding carboxylic acids is 1. The summed E-state index contributed by atoms with van der Waals surface area (Å²) in [6, 6.07) is 0. The van der Waals surface area contributed by atoms with Crippen LogP contribution >= 0.6 is 12.4 Å². The van der Waals surface area contributed by atoms with Crippen molar-refractivity contribution < 1.29 is 14.3 Å². The van der Waals surface area contributed by atoms with Crippen LogP contribution in [0, 0.1) is 0 Å². The van der Waals surface area contributed by atoms with Crippen LogP contribution in [0.3, 0.4) is 0 Å². The van der Waals surface area contributed by atoms with E-state index < -0.39 is 6.10 Å². The predicted molar refractivity (Wildman–Crippen MR) is 125 cm³/mol. The first-order chi connectivity index (χ1) is 14.0. The zero-order valence-electron chi connectivity index (χ0n) is 18.0. The molecule has 2 aliphatic rings. The molecule has 1 unspecified atom stereocenters. The van der Waals surface area contributed by atoms with Gasteiger partial charge in [-0.25, -0.2) is 4.99 Å². The van der Waals surface area contributed by atoms with Gasteiger partial charge in [-0.05, 0) is 31.9 Å². The summed E-state index contributed by atoms with van der Waals surface area (Å²) in [6.07, 6.45) is 16.4. The molecule has 0 bridgehead atoms. The van der Waals surface area contributed by atoms with Gasteiger partial charge in [-0.15, -0.1) is 12.4 Å². The van der Waals surface area contributed by atoms with E-state index in [1.807, 2.05) is 37.4 Å². The maximum atomic E-state index is 12.5. The highest BCUT2D eigenvalue weighted by Gasteiger charge is 2.44. The molecule has 2 rings (SSSR count). The van der Waals surface area contributed by atoms with Crippen LogP contribution in [-0.2, 0) is 14.3 Å². The smallest absolute Gasteiger partial charge is 0.255 e. The largest absolute Gasteiger partial charge is 0.486 e. The Balaban J connectivity index is 0.00000450. The molecule has 7 heteroatoms. The van der Waals surface area contributed by atoms with Crippen LogP contribution in [0.1, 0.15) is 26.2 Å². The number of hydrogen-bond donors (Lipinski definition) is 0. The van der Waals surface area contributed by atoms with Gasteiger partial charge in [0.05, 0.1) is 19.3 Å². The number of amides is 1. The van der Waals surface area contributed by atoms with E-state index in [9.17, 15) is 4.79 Å². The number of aliphatic imine (C=N–C) groups is 1. The Morgan fingerprint density at radius 2 is 2.00 bits per heavy atom. The van der Waals surface area contributed by atoms with E-state index in [0.717, 1.165) is 44.6 Å². The molecule has 2 aliphatic heterocycles. The Morgan fingerprint density at radius 1 is 1.27 bits per heavy atom. The monoisotopic (exact) mass is 435 g/mol. The summed E-state index contributed by atoms with van der Waals surface area (Å²) >= 11 is 0. The molecular weight excluding hydrogens is 402 g/mol. The number of halogens is 1. The van der Waals surface area contributed by atoms with Gasteiger partial charge in [-0.1, -0.05) is 37.5 Å². The van der Waals surface area contributed by atoms with Gasteiger partial charge in [-0.3, -0.25) is 4.79 Å². The van der Waals surface area contributed by atoms with E-state index in [0.29, 0.717) is 6.54 Å². The molecule has 0 aliphatic carbocycles. The van der Waals surface area contributed by atoms with Gasteiger partial charge in [0.2, 0.25) is 0 Å². The lowest BCUT2D eigenvalue weighted by atomic mass is 9.88. The SMILES string of the molecule is C=C/C=C\C=C\N1CC2(CCN(CC/C(=C/C=C)N=COC)CC2)OC(C)C1=O.Cl. The number of hydrogen-bond acceptors (Lipinski definition) is 5. The number of nitrogens with zero attached hydrogens (tertiary/aromatic N) is 3. The summed E-state index contributed by atoms with van der Waals surface area (Å²) < 4.78 is 11.1. The molecule has 6 nitrogen and oxygen atoms in total. The Labute approximate surface area is 186 Å². The summed E-state index contributed by atoms with van der Waals surface area (Å²) in [4.78, 5) is 21.0. The Bertz CT molecular complexity index is 692. The maximum Gasteiger partial charge on any atom is 0.255 e. The first-order valence-electron chi connectivity index (χ1n) is 10.1. The molecular formula is C23H34ClN3O3. The minimum absolute atomic E-state index is 0. The van der Waals surface area contributed by atoms with Crippen LogP contribution in [0.15, 0.2) is 66.5 Å². The van der Waals surface area contributed by atoms with Gasteiger partial charge in [0.1, 0.15) is 6.10 Å². The summed E-state index contributed by atoms with van der Waals surface area (Å²) in [7, 11) is 1.59. The van der Waals surface area contributed by atoms with Gasteiger partial charge in [0, 0.05) is 38.0 Å². The number of piperidine rings is 1. The molecule has 0 aromatic heterocycles. The zero-order chi connectivity index (χ0) is 21.1. The lowest BCUT2D eigenvalue weighted by molar-refractivity contribution is -0.184. The highest BCUT2D eigenvalue weighted by Crippen LogP contribution is 2.33. The lowest BCUT2D eigenvalue weighted by Gasteiger charge is -2.48. The Morgan fingerprint density at radius 3 is 2.63 bits per heavy atom. The summed E-state index contributed by atoms with van der Waals surface area (Å²) in [5.41, 5.74) is 0.670. The molecule has 0 radical (unpaired) electrons. The molecule has 2 saturated heterocycles. The van der Waals surface area contributed by atoms with Gasteiger partial charge >= 0.3 is 0 Å². The van der Waals surface area contributed by atoms with E-state index in [1.54, 1.807) is 24.2 Å². The van der Waals surface area contributed by atoms with E-state index in [4.69, 9.17) is 9.47 Å². The molecule has 0 aromatic carbocycles. The van der Waals surface area contributed by atoms with Crippen molar-refractivity contribution in [3.05, 3.63) is 61.5 Å². The van der Waals surface area contributed by atoms with Crippen molar-refractivity contribution in [2.75, 3.05) is 33.3 Å². The third-order valence-electron chi connectivity index (χ3n) is 5.23. The molecule has 0 N–H and O–H groups in total. The second kappa shape index (κ2) is 13.2. The molecule has 30 heavy (non-hydrogen) atoms. The maximum absolute atomic E-state index is 12.5. The first-order valence-corrected chi connectivity index (χ1v) is 10.1. The van der Waals surface area contributed by atoms with E-state index in [-0.39, 0.29) is 23.9 Å². The van der Waals surface area contributed by atoms with Crippen LogP contribution in [0.25, 0.3) is 0 Å². The van der Waals surface area contributed by atoms with Crippen molar-refractivity contribution in [1.82, 2.24) is 9.80 Å². The number of morpholine rings is 1. The second-order valence-corrected chi connectivity index (χ2v) is 7.33. The number of methoxy groups -OCH3 is 1. The molecule has 166 valence electrons. The highest BCUT2D eigenvalue weighted by atomic mass is 35.5. The van der Waals surface area contributed by atoms with Gasteiger partial charge in [0.15, 0.2) is 6.40 Å². The molecule has 1 atom stereocenters. The standard InChI is InChI=1S/C23H33N3O3.ClH/c1-5-7-8-9-14-26-18-23(29-20(3)22(26)27)12-16-25(17-13-23)15-11-21(10-6-2)24-19-28-4;/h5-10,14,19-20H,1-2,11-13,15-18H2,3-4H3;1H/b8-7-,14-9+,21-10-,24-19?;. The number of carbonyl (C=O) groups is 1. The molecule has 2 heterocycles. The van der Waals surface area contributed by atoms with Crippen molar-refractivity contribution in [3.63, 3.8) is 0 Å². The van der Waals surface area contributed by atoms with Crippen LogP contribution in [0.4, 0.5) is 0 Å². The van der Waals surface area contributed by atoms with Crippen molar-refractivity contribution in [2.24, 2.45) is 4.99 Å². The quantitative estimate of drug-likeness (QED) is 0.313. The van der Waals surface area contributed by atoms with Crippen LogP contribution in [0.5, 0.6) is 0 Å². The normalized spacial score (nSPS) is 22.7. The lowest BCUT2D eigenvalue weighted by Crippen LogP contribution is -2.60. The molecule has 1 amide bonds. The van der Waals surface area contributed by atoms with Crippen molar-refractivity contribution in [1.29, 1.82) is 0 Å². The predicted octanol–water partition coefficient (Wildman–Crippen LogP) is 3.88. The van der Waals surface area contributed by atoms with Crippen LogP contribution in [0.2, 0.25) is 0 Å². The first kappa shape index (κ1) is 25.9. The van der Waals surface area contributed by atoms with Crippen molar-refractivity contribution in [3.8, 4) is 0 Å². The summed E-state index contributed by atoms with van der Waals surface area (Å²) in [6.45, 7) is 12.6. The highest BCUT2D eigenvalue weighted by molar-refractivity contribution is 5.85. The zero-order valence-corrected chi connectivity index (χ0v) is 18.9. The van der Waals surface area contributed by atoms with Crippen molar-refractivity contribution >= 4 is 24.7 Å². The molecule has 1 spiro atoms. The topological polar surface area (TPSA) is 54.4 Å². The number of rotatable bonds is 9. The average molecular weight is 436 g/mol. The van der Waals surface area contributed by atoms with Gasteiger partial charge in [0.25, 0.3) is 5.91 Å². The van der Waals surface area contributed by atoms with Crippen LogP contribution < -0.4 is 0 Å². The number of allylic oxidation sites excluding steroid dienone is 6. The van der Waals surface area contributed by atoms with Crippen molar-refractivity contribution in [2.45, 2.75) is 37.9 Å². The Kier molecular flexibility index (Phi) is 11.4. The fraction of sp³-hybridized carbons (Fsp3) is 0.478. The van der Waals surface area contributed by atoms with Gasteiger partial charge in [-0.2, -0.15) is 0 Å². The fourth-order valence-electron chi connectivity index (χ4n) is 3.69. The molecule has 0 aromatic rings. The number of ether oxygens (including phenoxy) is 2.